The predicted molar refractivity (Wildman–Crippen MR) is 124 cm³/mol. The van der Waals surface area contributed by atoms with Crippen molar-refractivity contribution in [2.75, 3.05) is 0 Å². The number of aliphatic hydroxyl groups excluding tert-OH is 2. The van der Waals surface area contributed by atoms with Crippen molar-refractivity contribution in [2.45, 2.75) is 75.9 Å². The fraction of sp³-hybridized carbons (Fsp3) is 0.500. The van der Waals surface area contributed by atoms with E-state index in [0.29, 0.717) is 18.8 Å². The number of aliphatic hydroxyl groups is 2. The van der Waals surface area contributed by atoms with Gasteiger partial charge in [-0.1, -0.05) is 86.2 Å². The van der Waals surface area contributed by atoms with Crippen LogP contribution < -0.4 is 0 Å². The second-order valence-corrected chi connectivity index (χ2v) is 9.59. The predicted octanol–water partition coefficient (Wildman–Crippen LogP) is 5.28. The van der Waals surface area contributed by atoms with Crippen molar-refractivity contribution in [3.63, 3.8) is 0 Å². The van der Waals surface area contributed by atoms with E-state index in [1.165, 1.54) is 43.2 Å². The maximum atomic E-state index is 12.7. The van der Waals surface area contributed by atoms with E-state index in [-0.39, 0.29) is 50.3 Å². The van der Waals surface area contributed by atoms with E-state index in [4.69, 9.17) is 0 Å². The molecule has 1 radical (unpaired) electrons. The molecule has 2 unspecified atom stereocenters. The smallest absolute Gasteiger partial charge is 0.163 e. The minimum atomic E-state index is -0.570. The van der Waals surface area contributed by atoms with Gasteiger partial charge in [-0.15, -0.1) is 0 Å². The second-order valence-electron chi connectivity index (χ2n) is 9.59. The molecule has 2 aliphatic carbocycles. The Bertz CT molecular complexity index is 873. The molecule has 0 spiro atoms. The first-order valence-electron chi connectivity index (χ1n) is 11.9. The first-order valence-corrected chi connectivity index (χ1v) is 11.9. The molecule has 0 saturated heterocycles. The first-order chi connectivity index (χ1) is 15.0. The maximum Gasteiger partial charge on any atom is 0.163 e. The molecule has 3 nitrogen and oxygen atoms in total. The summed E-state index contributed by atoms with van der Waals surface area (Å²) in [6.07, 6.45) is 7.55. The molecular formula is C28H35O3Y-. The fourth-order valence-electron chi connectivity index (χ4n) is 5.67. The molecule has 0 aromatic heterocycles. The zero-order valence-corrected chi connectivity index (χ0v) is 21.8. The SMILES string of the molecule is [CH2-]Cc1cccc(CC2C(c3ccc(C(=O)CC4CCCCC4)cc3)[C@H](O)C[C@H]2O)c1.[Y]. The summed E-state index contributed by atoms with van der Waals surface area (Å²) >= 11 is 0. The van der Waals surface area contributed by atoms with E-state index in [9.17, 15) is 15.0 Å². The molecule has 2 fully saturated rings. The van der Waals surface area contributed by atoms with Crippen LogP contribution in [0.5, 0.6) is 0 Å². The van der Waals surface area contributed by atoms with Crippen LogP contribution >= 0.6 is 0 Å². The molecule has 0 heterocycles. The van der Waals surface area contributed by atoms with Gasteiger partial charge in [-0.3, -0.25) is 4.79 Å². The van der Waals surface area contributed by atoms with Gasteiger partial charge in [-0.2, -0.15) is 6.42 Å². The van der Waals surface area contributed by atoms with E-state index in [1.54, 1.807) is 0 Å². The van der Waals surface area contributed by atoms with Crippen molar-refractivity contribution < 1.29 is 47.7 Å². The molecule has 4 rings (SSSR count). The van der Waals surface area contributed by atoms with E-state index in [0.717, 1.165) is 24.0 Å². The fourth-order valence-corrected chi connectivity index (χ4v) is 5.67. The molecule has 2 aliphatic rings. The van der Waals surface area contributed by atoms with Gasteiger partial charge in [0.05, 0.1) is 12.2 Å². The van der Waals surface area contributed by atoms with Crippen LogP contribution in [0.3, 0.4) is 0 Å². The summed E-state index contributed by atoms with van der Waals surface area (Å²) in [4.78, 5) is 12.7. The van der Waals surface area contributed by atoms with Crippen molar-refractivity contribution >= 4 is 5.78 Å². The molecule has 169 valence electrons. The van der Waals surface area contributed by atoms with Crippen molar-refractivity contribution in [3.8, 4) is 0 Å². The van der Waals surface area contributed by atoms with Gasteiger partial charge in [0.1, 0.15) is 0 Å². The molecule has 0 amide bonds. The molecule has 2 aromatic carbocycles. The van der Waals surface area contributed by atoms with E-state index in [2.05, 4.69) is 25.1 Å². The third kappa shape index (κ3) is 6.17. The van der Waals surface area contributed by atoms with Gasteiger partial charge in [-0.05, 0) is 29.4 Å². The quantitative estimate of drug-likeness (QED) is 0.395. The van der Waals surface area contributed by atoms with Crippen LogP contribution in [0.25, 0.3) is 0 Å². The number of ketones is 1. The Labute approximate surface area is 217 Å². The Morgan fingerprint density at radius 2 is 1.62 bits per heavy atom. The summed E-state index contributed by atoms with van der Waals surface area (Å²) in [6.45, 7) is 3.96. The number of hydrogen-bond donors (Lipinski definition) is 2. The number of hydrogen-bond acceptors (Lipinski definition) is 3. The molecular weight excluding hydrogens is 473 g/mol. The molecule has 32 heavy (non-hydrogen) atoms. The van der Waals surface area contributed by atoms with Gasteiger partial charge < -0.3 is 17.1 Å². The van der Waals surface area contributed by atoms with Crippen LogP contribution in [-0.4, -0.2) is 28.2 Å². The van der Waals surface area contributed by atoms with Crippen molar-refractivity contribution in [3.05, 3.63) is 77.7 Å². The van der Waals surface area contributed by atoms with E-state index >= 15 is 0 Å². The Kier molecular flexibility index (Phi) is 9.67. The molecule has 2 saturated carbocycles. The number of Topliss-reactive ketones (excluding diaryl/α,β-unsaturated/α-hetero) is 1. The molecule has 0 bridgehead atoms. The second kappa shape index (κ2) is 12.0. The average Bonchev–Trinajstić information content (AvgIpc) is 3.07. The zero-order chi connectivity index (χ0) is 21.8. The summed E-state index contributed by atoms with van der Waals surface area (Å²) in [5.74, 6) is 0.595. The van der Waals surface area contributed by atoms with Gasteiger partial charge in [-0.25, -0.2) is 0 Å². The Morgan fingerprint density at radius 3 is 2.31 bits per heavy atom. The number of benzene rings is 2. The van der Waals surface area contributed by atoms with Crippen LogP contribution in [-0.2, 0) is 45.6 Å². The normalized spacial score (nSPS) is 26.0. The Balaban J connectivity index is 0.00000289. The van der Waals surface area contributed by atoms with Crippen LogP contribution in [0.15, 0.2) is 48.5 Å². The van der Waals surface area contributed by atoms with E-state index in [1.807, 2.05) is 30.3 Å². The van der Waals surface area contributed by atoms with Crippen molar-refractivity contribution in [1.82, 2.24) is 0 Å². The largest absolute Gasteiger partial charge is 0.393 e. The van der Waals surface area contributed by atoms with Gasteiger partial charge in [0.15, 0.2) is 5.78 Å². The number of carbonyl (C=O) groups is 1. The molecule has 0 aliphatic heterocycles. The standard InChI is InChI=1S/C28H35O3.Y/c1-2-19-9-6-10-21(15-19)16-24-26(30)18-27(31)28(24)23-13-11-22(12-14-23)25(29)17-20-7-4-3-5-8-20;/h6,9-15,20,24,26-28,30-31H,1-5,7-8,16-18H2;/q-1;/t24?,26-,27-,28?;/m1./s1. The summed E-state index contributed by atoms with van der Waals surface area (Å²) < 4.78 is 0. The van der Waals surface area contributed by atoms with E-state index < -0.39 is 12.2 Å². The summed E-state index contributed by atoms with van der Waals surface area (Å²) in [5, 5.41) is 21.4. The first kappa shape index (κ1) is 25.8. The number of carbonyl (C=O) groups excluding carboxylic acids is 1. The third-order valence-electron chi connectivity index (χ3n) is 7.42. The van der Waals surface area contributed by atoms with Crippen LogP contribution in [0.1, 0.15) is 77.9 Å². The van der Waals surface area contributed by atoms with Crippen LogP contribution in [0.4, 0.5) is 0 Å². The minimum Gasteiger partial charge on any atom is -0.393 e. The molecule has 4 heteroatoms. The topological polar surface area (TPSA) is 57.5 Å². The van der Waals surface area contributed by atoms with Crippen LogP contribution in [0, 0.1) is 18.8 Å². The summed E-state index contributed by atoms with van der Waals surface area (Å²) in [6, 6.07) is 16.1. The van der Waals surface area contributed by atoms with Crippen molar-refractivity contribution in [1.29, 1.82) is 0 Å². The van der Waals surface area contributed by atoms with Gasteiger partial charge >= 0.3 is 0 Å². The average molecular weight is 508 g/mol. The monoisotopic (exact) mass is 508 g/mol. The van der Waals surface area contributed by atoms with Crippen LogP contribution in [0.2, 0.25) is 0 Å². The molecule has 4 atom stereocenters. The summed E-state index contributed by atoms with van der Waals surface area (Å²) in [5.41, 5.74) is 4.13. The Hall–Kier alpha value is -0.866. The number of rotatable bonds is 7. The maximum absolute atomic E-state index is 12.7. The van der Waals surface area contributed by atoms with Gasteiger partial charge in [0.25, 0.3) is 0 Å². The summed E-state index contributed by atoms with van der Waals surface area (Å²) in [7, 11) is 0. The molecule has 2 N–H and O–H groups in total. The van der Waals surface area contributed by atoms with Crippen molar-refractivity contribution in [2.24, 2.45) is 11.8 Å². The minimum absolute atomic E-state index is 0. The molecule has 2 aromatic rings. The zero-order valence-electron chi connectivity index (χ0n) is 19.0. The van der Waals surface area contributed by atoms with Gasteiger partial charge in [0, 0.05) is 57.0 Å². The third-order valence-corrected chi connectivity index (χ3v) is 7.42. The van der Waals surface area contributed by atoms with Gasteiger partial charge in [0.2, 0.25) is 0 Å². The Morgan fingerprint density at radius 1 is 0.938 bits per heavy atom.